The van der Waals surface area contributed by atoms with E-state index in [-0.39, 0.29) is 5.54 Å². The average molecular weight is 275 g/mol. The highest BCUT2D eigenvalue weighted by molar-refractivity contribution is 5.16. The lowest BCUT2D eigenvalue weighted by atomic mass is 9.43. The molecule has 1 heteroatoms. The van der Waals surface area contributed by atoms with Gasteiger partial charge in [0.2, 0.25) is 0 Å². The first kappa shape index (κ1) is 13.6. The van der Waals surface area contributed by atoms with Gasteiger partial charge in [-0.05, 0) is 80.0 Å². The van der Waals surface area contributed by atoms with E-state index in [0.29, 0.717) is 10.8 Å². The second-order valence-electron chi connectivity index (χ2n) is 9.23. The van der Waals surface area contributed by atoms with Crippen LogP contribution in [0.25, 0.3) is 0 Å². The zero-order valence-corrected chi connectivity index (χ0v) is 13.6. The van der Waals surface area contributed by atoms with Crippen molar-refractivity contribution < 1.29 is 0 Å². The summed E-state index contributed by atoms with van der Waals surface area (Å²) in [4.78, 5) is 0. The molecule has 114 valence electrons. The molecule has 20 heavy (non-hydrogen) atoms. The third-order valence-electron chi connectivity index (χ3n) is 8.72. The molecule has 4 saturated carbocycles. The van der Waals surface area contributed by atoms with E-state index >= 15 is 0 Å². The van der Waals surface area contributed by atoms with Gasteiger partial charge >= 0.3 is 0 Å². The van der Waals surface area contributed by atoms with Crippen molar-refractivity contribution in [1.82, 2.24) is 0 Å². The van der Waals surface area contributed by atoms with E-state index in [9.17, 15) is 0 Å². The zero-order chi connectivity index (χ0) is 14.0. The van der Waals surface area contributed by atoms with E-state index < -0.39 is 0 Å². The maximum atomic E-state index is 7.13. The van der Waals surface area contributed by atoms with Crippen LogP contribution in [-0.4, -0.2) is 5.54 Å². The molecule has 0 amide bonds. The Balaban J connectivity index is 1.70. The minimum Gasteiger partial charge on any atom is -0.324 e. The Labute approximate surface area is 125 Å². The second kappa shape index (κ2) is 4.24. The van der Waals surface area contributed by atoms with Gasteiger partial charge in [-0.3, -0.25) is 0 Å². The van der Waals surface area contributed by atoms with Crippen LogP contribution in [0.1, 0.15) is 84.5 Å². The zero-order valence-electron chi connectivity index (χ0n) is 13.6. The van der Waals surface area contributed by atoms with Gasteiger partial charge in [0.05, 0.1) is 0 Å². The van der Waals surface area contributed by atoms with Crippen molar-refractivity contribution in [3.8, 4) is 0 Å². The third kappa shape index (κ3) is 1.54. The van der Waals surface area contributed by atoms with Crippen LogP contribution in [0, 0.1) is 28.6 Å². The van der Waals surface area contributed by atoms with E-state index in [1.54, 1.807) is 0 Å². The summed E-state index contributed by atoms with van der Waals surface area (Å²) in [5.74, 6) is 2.80. The first-order valence-electron chi connectivity index (χ1n) is 9.29. The van der Waals surface area contributed by atoms with Gasteiger partial charge in [-0.1, -0.05) is 33.1 Å². The Bertz CT molecular complexity index is 405. The van der Waals surface area contributed by atoms with Crippen molar-refractivity contribution in [1.29, 1.82) is 0 Å². The SMILES string of the molecule is C[C@]12CCCC[C@@H]1CC[C@@H]1[C@@H]2CC[C@]2(C)CCC[C@@]12N. The number of rotatable bonds is 0. The number of nitrogens with two attached hydrogens (primary N) is 1. The Morgan fingerprint density at radius 1 is 0.750 bits per heavy atom. The summed E-state index contributed by atoms with van der Waals surface area (Å²) in [5, 5.41) is 0. The fourth-order valence-corrected chi connectivity index (χ4v) is 7.35. The van der Waals surface area contributed by atoms with Crippen LogP contribution in [0.3, 0.4) is 0 Å². The standard InChI is InChI=1S/C19H33N/c1-17-10-5-12-19(17,20)16-8-7-14-6-3-4-11-18(14,2)15(16)9-13-17/h14-16H,3-13,20H2,1-2H3/t14-,15+,16-,17+,18+,19-/m1/s1. The first-order chi connectivity index (χ1) is 9.50. The first-order valence-corrected chi connectivity index (χ1v) is 9.29. The van der Waals surface area contributed by atoms with Crippen LogP contribution in [-0.2, 0) is 0 Å². The van der Waals surface area contributed by atoms with Gasteiger partial charge in [0.1, 0.15) is 0 Å². The number of hydrogen-bond donors (Lipinski definition) is 1. The summed E-state index contributed by atoms with van der Waals surface area (Å²) in [6.07, 6.45) is 15.9. The summed E-state index contributed by atoms with van der Waals surface area (Å²) < 4.78 is 0. The molecular weight excluding hydrogens is 242 g/mol. The highest BCUT2D eigenvalue weighted by Crippen LogP contribution is 2.66. The van der Waals surface area contributed by atoms with Gasteiger partial charge < -0.3 is 5.73 Å². The van der Waals surface area contributed by atoms with Crippen LogP contribution in [0.15, 0.2) is 0 Å². The molecule has 1 nitrogen and oxygen atoms in total. The lowest BCUT2D eigenvalue weighted by Gasteiger charge is -2.63. The van der Waals surface area contributed by atoms with Gasteiger partial charge in [-0.15, -0.1) is 0 Å². The third-order valence-corrected chi connectivity index (χ3v) is 8.72. The topological polar surface area (TPSA) is 26.0 Å². The summed E-state index contributed by atoms with van der Waals surface area (Å²) in [5.41, 5.74) is 8.42. The van der Waals surface area contributed by atoms with Crippen molar-refractivity contribution >= 4 is 0 Å². The van der Waals surface area contributed by atoms with Gasteiger partial charge in [-0.2, -0.15) is 0 Å². The van der Waals surface area contributed by atoms with Gasteiger partial charge in [0.25, 0.3) is 0 Å². The Hall–Kier alpha value is -0.0400. The van der Waals surface area contributed by atoms with Crippen molar-refractivity contribution in [3.05, 3.63) is 0 Å². The Morgan fingerprint density at radius 2 is 1.60 bits per heavy atom. The van der Waals surface area contributed by atoms with Crippen LogP contribution >= 0.6 is 0 Å². The molecule has 0 aromatic carbocycles. The van der Waals surface area contributed by atoms with Crippen LogP contribution < -0.4 is 5.73 Å². The molecule has 0 spiro atoms. The highest BCUT2D eigenvalue weighted by atomic mass is 14.9. The summed E-state index contributed by atoms with van der Waals surface area (Å²) >= 11 is 0. The molecule has 4 rings (SSSR count). The molecule has 6 atom stereocenters. The minimum absolute atomic E-state index is 0.182. The predicted octanol–water partition coefficient (Wildman–Crippen LogP) is 4.89. The van der Waals surface area contributed by atoms with E-state index in [4.69, 9.17) is 5.73 Å². The monoisotopic (exact) mass is 275 g/mol. The van der Waals surface area contributed by atoms with Crippen LogP contribution in [0.4, 0.5) is 0 Å². The molecular formula is C19H33N. The molecule has 4 aliphatic rings. The van der Waals surface area contributed by atoms with E-state index in [2.05, 4.69) is 13.8 Å². The predicted molar refractivity (Wildman–Crippen MR) is 84.4 cm³/mol. The smallest absolute Gasteiger partial charge is 0.0240 e. The maximum absolute atomic E-state index is 7.13. The van der Waals surface area contributed by atoms with Crippen LogP contribution in [0.2, 0.25) is 0 Å². The summed E-state index contributed by atoms with van der Waals surface area (Å²) in [7, 11) is 0. The van der Waals surface area contributed by atoms with E-state index in [1.807, 2.05) is 0 Å². The quantitative estimate of drug-likeness (QED) is 0.669. The fourth-order valence-electron chi connectivity index (χ4n) is 7.35. The fraction of sp³-hybridized carbons (Fsp3) is 1.00. The van der Waals surface area contributed by atoms with Gasteiger partial charge in [-0.25, -0.2) is 0 Å². The largest absolute Gasteiger partial charge is 0.324 e. The molecule has 2 N–H and O–H groups in total. The minimum atomic E-state index is 0.182. The molecule has 0 saturated heterocycles. The normalized spacial score (nSPS) is 58.6. The Kier molecular flexibility index (Phi) is 2.89. The summed E-state index contributed by atoms with van der Waals surface area (Å²) in [6.45, 7) is 5.17. The van der Waals surface area contributed by atoms with Crippen LogP contribution in [0.5, 0.6) is 0 Å². The molecule has 0 aliphatic heterocycles. The molecule has 4 fully saturated rings. The highest BCUT2D eigenvalue weighted by Gasteiger charge is 2.62. The molecule has 4 aliphatic carbocycles. The lowest BCUT2D eigenvalue weighted by Crippen LogP contribution is -2.65. The molecule has 0 heterocycles. The van der Waals surface area contributed by atoms with E-state index in [0.717, 1.165) is 17.8 Å². The van der Waals surface area contributed by atoms with Crippen molar-refractivity contribution in [2.24, 2.45) is 34.3 Å². The number of fused-ring (bicyclic) bond motifs is 5. The lowest BCUT2D eigenvalue weighted by molar-refractivity contribution is -0.114. The molecule has 0 radical (unpaired) electrons. The van der Waals surface area contributed by atoms with Gasteiger partial charge in [0.15, 0.2) is 0 Å². The Morgan fingerprint density at radius 3 is 2.45 bits per heavy atom. The molecule has 0 aromatic rings. The van der Waals surface area contributed by atoms with Crippen molar-refractivity contribution in [2.75, 3.05) is 0 Å². The second-order valence-corrected chi connectivity index (χ2v) is 9.23. The molecule has 0 unspecified atom stereocenters. The number of hydrogen-bond acceptors (Lipinski definition) is 1. The molecule has 0 aromatic heterocycles. The molecule has 0 bridgehead atoms. The summed E-state index contributed by atoms with van der Waals surface area (Å²) in [6, 6.07) is 0. The van der Waals surface area contributed by atoms with Gasteiger partial charge in [0, 0.05) is 5.54 Å². The van der Waals surface area contributed by atoms with E-state index in [1.165, 1.54) is 70.6 Å². The maximum Gasteiger partial charge on any atom is 0.0240 e. The van der Waals surface area contributed by atoms with Crippen molar-refractivity contribution in [3.63, 3.8) is 0 Å². The average Bonchev–Trinajstić information content (AvgIpc) is 2.74. The van der Waals surface area contributed by atoms with Crippen molar-refractivity contribution in [2.45, 2.75) is 90.0 Å².